The van der Waals surface area contributed by atoms with Gasteiger partial charge in [-0.3, -0.25) is 4.79 Å². The summed E-state index contributed by atoms with van der Waals surface area (Å²) in [5, 5.41) is 8.73. The molecule has 16 heavy (non-hydrogen) atoms. The standard InChI is InChI=1S/C9H20N2O4S/c1-5-11(6-8(4)9(12)13)16(14,15)10-7(2)3/h7-8,10H,5-6H2,1-4H3,(H,12,13). The molecule has 6 nitrogen and oxygen atoms in total. The smallest absolute Gasteiger partial charge is 0.307 e. The van der Waals surface area contributed by atoms with Crippen molar-refractivity contribution in [1.82, 2.24) is 9.03 Å². The summed E-state index contributed by atoms with van der Waals surface area (Å²) in [6.45, 7) is 6.82. The molecule has 0 heterocycles. The van der Waals surface area contributed by atoms with E-state index in [1.165, 1.54) is 6.92 Å². The SMILES string of the molecule is CCN(CC(C)C(=O)O)S(=O)(=O)NC(C)C. The monoisotopic (exact) mass is 252 g/mol. The number of nitrogens with one attached hydrogen (secondary N) is 1. The van der Waals surface area contributed by atoms with Gasteiger partial charge in [-0.1, -0.05) is 13.8 Å². The van der Waals surface area contributed by atoms with Crippen molar-refractivity contribution in [2.45, 2.75) is 33.7 Å². The van der Waals surface area contributed by atoms with Crippen molar-refractivity contribution < 1.29 is 18.3 Å². The number of hydrogen-bond donors (Lipinski definition) is 2. The lowest BCUT2D eigenvalue weighted by Gasteiger charge is -2.23. The van der Waals surface area contributed by atoms with Crippen molar-refractivity contribution in [3.63, 3.8) is 0 Å². The Morgan fingerprint density at radius 1 is 1.38 bits per heavy atom. The molecule has 0 bridgehead atoms. The molecule has 0 rings (SSSR count). The molecule has 0 amide bonds. The van der Waals surface area contributed by atoms with E-state index in [1.807, 2.05) is 0 Å². The molecule has 0 saturated carbocycles. The predicted molar refractivity (Wildman–Crippen MR) is 61.2 cm³/mol. The summed E-state index contributed by atoms with van der Waals surface area (Å²) in [5.41, 5.74) is 0. The fraction of sp³-hybridized carbons (Fsp3) is 0.889. The van der Waals surface area contributed by atoms with Crippen LogP contribution in [0.5, 0.6) is 0 Å². The van der Waals surface area contributed by atoms with Gasteiger partial charge in [-0.2, -0.15) is 17.4 Å². The minimum absolute atomic E-state index is 0.0200. The largest absolute Gasteiger partial charge is 0.481 e. The summed E-state index contributed by atoms with van der Waals surface area (Å²) < 4.78 is 27.1. The van der Waals surface area contributed by atoms with Gasteiger partial charge in [-0.25, -0.2) is 0 Å². The molecule has 1 unspecified atom stereocenters. The minimum Gasteiger partial charge on any atom is -0.481 e. The van der Waals surface area contributed by atoms with Gasteiger partial charge < -0.3 is 5.11 Å². The average Bonchev–Trinajstić information content (AvgIpc) is 2.10. The molecule has 0 aromatic heterocycles. The summed E-state index contributed by atoms with van der Waals surface area (Å²) in [6, 6.07) is -0.209. The molecule has 0 aliphatic rings. The molecule has 2 N–H and O–H groups in total. The van der Waals surface area contributed by atoms with E-state index in [1.54, 1.807) is 20.8 Å². The van der Waals surface area contributed by atoms with Crippen LogP contribution >= 0.6 is 0 Å². The first kappa shape index (κ1) is 15.3. The van der Waals surface area contributed by atoms with Gasteiger partial charge in [0.2, 0.25) is 0 Å². The molecule has 0 aliphatic carbocycles. The highest BCUT2D eigenvalue weighted by Crippen LogP contribution is 2.05. The summed E-state index contributed by atoms with van der Waals surface area (Å²) in [4.78, 5) is 10.7. The zero-order valence-corrected chi connectivity index (χ0v) is 10.9. The summed E-state index contributed by atoms with van der Waals surface area (Å²) in [6.07, 6.45) is 0. The van der Waals surface area contributed by atoms with Crippen LogP contribution in [-0.2, 0) is 15.0 Å². The molecule has 0 aliphatic heterocycles. The lowest BCUT2D eigenvalue weighted by molar-refractivity contribution is -0.141. The van der Waals surface area contributed by atoms with E-state index < -0.39 is 22.1 Å². The van der Waals surface area contributed by atoms with E-state index in [2.05, 4.69) is 4.72 Å². The van der Waals surface area contributed by atoms with E-state index in [9.17, 15) is 13.2 Å². The van der Waals surface area contributed by atoms with Crippen LogP contribution in [-0.4, -0.2) is 42.9 Å². The van der Waals surface area contributed by atoms with Crippen LogP contribution in [0.3, 0.4) is 0 Å². The van der Waals surface area contributed by atoms with Gasteiger partial charge in [-0.15, -0.1) is 0 Å². The second-order valence-electron chi connectivity index (χ2n) is 3.97. The first-order valence-corrected chi connectivity index (χ1v) is 6.65. The number of hydrogen-bond acceptors (Lipinski definition) is 3. The quantitative estimate of drug-likeness (QED) is 0.681. The normalized spacial score (nSPS) is 14.4. The molecule has 0 saturated heterocycles. The fourth-order valence-corrected chi connectivity index (χ4v) is 2.66. The number of carbonyl (C=O) groups is 1. The van der Waals surface area contributed by atoms with Gasteiger partial charge in [0, 0.05) is 19.1 Å². The molecule has 1 atom stereocenters. The topological polar surface area (TPSA) is 86.7 Å². The Morgan fingerprint density at radius 3 is 2.19 bits per heavy atom. The highest BCUT2D eigenvalue weighted by molar-refractivity contribution is 7.87. The number of carboxylic acids is 1. The maximum Gasteiger partial charge on any atom is 0.307 e. The highest BCUT2D eigenvalue weighted by Gasteiger charge is 2.25. The van der Waals surface area contributed by atoms with E-state index >= 15 is 0 Å². The van der Waals surface area contributed by atoms with Gasteiger partial charge in [-0.05, 0) is 13.8 Å². The van der Waals surface area contributed by atoms with Crippen LogP contribution in [0.1, 0.15) is 27.7 Å². The van der Waals surface area contributed by atoms with Crippen molar-refractivity contribution in [2.75, 3.05) is 13.1 Å². The van der Waals surface area contributed by atoms with Crippen molar-refractivity contribution in [3.8, 4) is 0 Å². The van der Waals surface area contributed by atoms with E-state index in [4.69, 9.17) is 5.11 Å². The fourth-order valence-electron chi connectivity index (χ4n) is 1.15. The molecule has 7 heteroatoms. The van der Waals surface area contributed by atoms with Crippen LogP contribution in [0.25, 0.3) is 0 Å². The van der Waals surface area contributed by atoms with Crippen LogP contribution < -0.4 is 4.72 Å². The van der Waals surface area contributed by atoms with Crippen LogP contribution in [0.15, 0.2) is 0 Å². The highest BCUT2D eigenvalue weighted by atomic mass is 32.2. The Kier molecular flexibility index (Phi) is 5.91. The van der Waals surface area contributed by atoms with Crippen molar-refractivity contribution in [3.05, 3.63) is 0 Å². The lowest BCUT2D eigenvalue weighted by Crippen LogP contribution is -2.45. The summed E-state index contributed by atoms with van der Waals surface area (Å²) in [7, 11) is -3.58. The maximum absolute atomic E-state index is 11.8. The number of aliphatic carboxylic acids is 1. The zero-order valence-electron chi connectivity index (χ0n) is 10.1. The third kappa shape index (κ3) is 4.91. The van der Waals surface area contributed by atoms with Crippen LogP contribution in [0.4, 0.5) is 0 Å². The Morgan fingerprint density at radius 2 is 1.88 bits per heavy atom. The average molecular weight is 252 g/mol. The van der Waals surface area contributed by atoms with Gasteiger partial charge in [0.15, 0.2) is 0 Å². The van der Waals surface area contributed by atoms with Crippen molar-refractivity contribution in [2.24, 2.45) is 5.92 Å². The first-order chi connectivity index (χ1) is 7.20. The van der Waals surface area contributed by atoms with E-state index in [0.717, 1.165) is 4.31 Å². The minimum atomic E-state index is -3.58. The lowest BCUT2D eigenvalue weighted by atomic mass is 10.2. The number of nitrogens with zero attached hydrogens (tertiary/aromatic N) is 1. The van der Waals surface area contributed by atoms with Crippen LogP contribution in [0.2, 0.25) is 0 Å². The number of carboxylic acid groups (broad SMARTS) is 1. The van der Waals surface area contributed by atoms with Gasteiger partial charge >= 0.3 is 5.97 Å². The molecule has 0 aromatic rings. The third-order valence-corrected chi connectivity index (χ3v) is 3.83. The molecule has 0 aromatic carbocycles. The Bertz CT molecular complexity index is 326. The Balaban J connectivity index is 4.67. The first-order valence-electron chi connectivity index (χ1n) is 5.20. The van der Waals surface area contributed by atoms with E-state index in [-0.39, 0.29) is 19.1 Å². The Labute approximate surface area is 96.8 Å². The molecular formula is C9H20N2O4S. The predicted octanol–water partition coefficient (Wildman–Crippen LogP) is 0.272. The summed E-state index contributed by atoms with van der Waals surface area (Å²) >= 11 is 0. The molecule has 0 fully saturated rings. The zero-order chi connectivity index (χ0) is 12.9. The number of rotatable bonds is 7. The molecular weight excluding hydrogens is 232 g/mol. The second kappa shape index (κ2) is 6.17. The second-order valence-corrected chi connectivity index (χ2v) is 5.67. The van der Waals surface area contributed by atoms with E-state index in [0.29, 0.717) is 0 Å². The molecule has 0 spiro atoms. The van der Waals surface area contributed by atoms with Crippen molar-refractivity contribution >= 4 is 16.2 Å². The maximum atomic E-state index is 11.8. The van der Waals surface area contributed by atoms with Gasteiger partial charge in [0.25, 0.3) is 10.2 Å². The van der Waals surface area contributed by atoms with Crippen LogP contribution in [0, 0.1) is 5.92 Å². The van der Waals surface area contributed by atoms with Crippen molar-refractivity contribution in [1.29, 1.82) is 0 Å². The Hall–Kier alpha value is -0.660. The summed E-state index contributed by atoms with van der Waals surface area (Å²) in [5.74, 6) is -1.72. The van der Waals surface area contributed by atoms with Gasteiger partial charge in [0.05, 0.1) is 5.92 Å². The molecule has 0 radical (unpaired) electrons. The molecule has 96 valence electrons. The van der Waals surface area contributed by atoms with Gasteiger partial charge in [0.1, 0.15) is 0 Å². The third-order valence-electron chi connectivity index (χ3n) is 1.98.